The number of hydrogen-bond acceptors (Lipinski definition) is 2. The Morgan fingerprint density at radius 1 is 1.05 bits per heavy atom. The second-order valence-electron chi connectivity index (χ2n) is 4.57. The van der Waals surface area contributed by atoms with Gasteiger partial charge < -0.3 is 4.74 Å². The topological polar surface area (TPSA) is 21.6 Å². The lowest BCUT2D eigenvalue weighted by Crippen LogP contribution is -2.09. The molecule has 3 heteroatoms. The average Bonchev–Trinajstić information content (AvgIpc) is 2.89. The molecule has 0 radical (unpaired) electrons. The van der Waals surface area contributed by atoms with Gasteiger partial charge in [-0.25, -0.2) is 4.99 Å². The van der Waals surface area contributed by atoms with Crippen molar-refractivity contribution in [3.8, 4) is 0 Å². The predicted octanol–water partition coefficient (Wildman–Crippen LogP) is 3.68. The van der Waals surface area contributed by atoms with E-state index in [0.29, 0.717) is 6.61 Å². The monoisotopic (exact) mass is 363 g/mol. The summed E-state index contributed by atoms with van der Waals surface area (Å²) < 4.78 is 6.93. The van der Waals surface area contributed by atoms with Gasteiger partial charge in [-0.2, -0.15) is 0 Å². The van der Waals surface area contributed by atoms with Crippen LogP contribution in [0.3, 0.4) is 0 Å². The second kappa shape index (κ2) is 5.74. The maximum atomic E-state index is 5.75. The molecule has 1 aliphatic heterocycles. The standard InChI is InChI=1S/C16H14INO/c17-15-9-5-4-8-14(15)16-18-13(11-19-16)10-12-6-2-1-3-7-12/h1-9,13H,10-11H2/t13-/m1/s1. The molecule has 0 N–H and O–H groups in total. The molecule has 0 unspecified atom stereocenters. The average molecular weight is 363 g/mol. The number of hydrogen-bond donors (Lipinski definition) is 0. The first-order valence-electron chi connectivity index (χ1n) is 6.32. The van der Waals surface area contributed by atoms with Crippen LogP contribution in [0, 0.1) is 3.57 Å². The van der Waals surface area contributed by atoms with Crippen LogP contribution in [-0.2, 0) is 11.2 Å². The van der Waals surface area contributed by atoms with Crippen molar-refractivity contribution in [1.29, 1.82) is 0 Å². The van der Waals surface area contributed by atoms with Gasteiger partial charge in [0.25, 0.3) is 0 Å². The molecule has 0 aromatic heterocycles. The number of rotatable bonds is 3. The van der Waals surface area contributed by atoms with E-state index in [1.807, 2.05) is 18.2 Å². The fourth-order valence-corrected chi connectivity index (χ4v) is 2.81. The molecule has 19 heavy (non-hydrogen) atoms. The highest BCUT2D eigenvalue weighted by Gasteiger charge is 2.21. The zero-order chi connectivity index (χ0) is 13.1. The first-order chi connectivity index (χ1) is 9.33. The van der Waals surface area contributed by atoms with Gasteiger partial charge in [-0.1, -0.05) is 42.5 Å². The largest absolute Gasteiger partial charge is 0.475 e. The van der Waals surface area contributed by atoms with Crippen molar-refractivity contribution in [2.45, 2.75) is 12.5 Å². The summed E-state index contributed by atoms with van der Waals surface area (Å²) in [6, 6.07) is 18.9. The molecule has 2 aromatic carbocycles. The second-order valence-corrected chi connectivity index (χ2v) is 5.73. The van der Waals surface area contributed by atoms with Gasteiger partial charge in [0, 0.05) is 9.13 Å². The van der Waals surface area contributed by atoms with Crippen LogP contribution in [0.4, 0.5) is 0 Å². The molecule has 0 saturated heterocycles. The Hall–Kier alpha value is -1.36. The molecular weight excluding hydrogens is 349 g/mol. The van der Waals surface area contributed by atoms with Gasteiger partial charge in [0.15, 0.2) is 0 Å². The maximum absolute atomic E-state index is 5.75. The number of benzene rings is 2. The van der Waals surface area contributed by atoms with E-state index in [4.69, 9.17) is 9.73 Å². The van der Waals surface area contributed by atoms with Crippen LogP contribution in [-0.4, -0.2) is 18.5 Å². The lowest BCUT2D eigenvalue weighted by atomic mass is 10.1. The van der Waals surface area contributed by atoms with Gasteiger partial charge in [0.05, 0.1) is 6.04 Å². The van der Waals surface area contributed by atoms with Crippen molar-refractivity contribution in [1.82, 2.24) is 0 Å². The lowest BCUT2D eigenvalue weighted by molar-refractivity contribution is 0.317. The van der Waals surface area contributed by atoms with Gasteiger partial charge in [-0.15, -0.1) is 0 Å². The zero-order valence-corrected chi connectivity index (χ0v) is 12.6. The van der Waals surface area contributed by atoms with Crippen LogP contribution in [0.15, 0.2) is 59.6 Å². The smallest absolute Gasteiger partial charge is 0.217 e. The first-order valence-corrected chi connectivity index (χ1v) is 7.40. The van der Waals surface area contributed by atoms with E-state index in [1.54, 1.807) is 0 Å². The number of nitrogens with zero attached hydrogens (tertiary/aromatic N) is 1. The fraction of sp³-hybridized carbons (Fsp3) is 0.188. The fourth-order valence-electron chi connectivity index (χ4n) is 2.19. The molecule has 2 aromatic rings. The van der Waals surface area contributed by atoms with Gasteiger partial charge in [-0.05, 0) is 46.7 Å². The predicted molar refractivity (Wildman–Crippen MR) is 85.6 cm³/mol. The SMILES string of the molecule is Ic1ccccc1C1=N[C@H](Cc2ccccc2)CO1. The molecule has 3 rings (SSSR count). The molecule has 0 spiro atoms. The minimum atomic E-state index is 0.230. The molecule has 0 aliphatic carbocycles. The molecule has 1 heterocycles. The Bertz CT molecular complexity index is 595. The van der Waals surface area contributed by atoms with Crippen LogP contribution in [0.1, 0.15) is 11.1 Å². The van der Waals surface area contributed by atoms with E-state index in [2.05, 4.69) is 59.0 Å². The summed E-state index contributed by atoms with van der Waals surface area (Å²) in [5.74, 6) is 0.783. The van der Waals surface area contributed by atoms with Crippen molar-refractivity contribution >= 4 is 28.5 Å². The Morgan fingerprint density at radius 3 is 2.58 bits per heavy atom. The van der Waals surface area contributed by atoms with Crippen molar-refractivity contribution in [2.24, 2.45) is 4.99 Å². The summed E-state index contributed by atoms with van der Waals surface area (Å²) in [7, 11) is 0. The van der Waals surface area contributed by atoms with Crippen molar-refractivity contribution in [3.05, 3.63) is 69.3 Å². The van der Waals surface area contributed by atoms with E-state index < -0.39 is 0 Å². The van der Waals surface area contributed by atoms with Crippen LogP contribution in [0.25, 0.3) is 0 Å². The van der Waals surface area contributed by atoms with E-state index in [9.17, 15) is 0 Å². The third kappa shape index (κ3) is 2.97. The molecule has 1 aliphatic rings. The van der Waals surface area contributed by atoms with Crippen molar-refractivity contribution < 1.29 is 4.74 Å². The van der Waals surface area contributed by atoms with Crippen LogP contribution in [0.2, 0.25) is 0 Å². The molecule has 0 fully saturated rings. The summed E-state index contributed by atoms with van der Waals surface area (Å²) in [6.45, 7) is 0.676. The molecule has 0 saturated carbocycles. The normalized spacial score (nSPS) is 17.9. The molecular formula is C16H14INO. The highest BCUT2D eigenvalue weighted by atomic mass is 127. The van der Waals surface area contributed by atoms with E-state index in [-0.39, 0.29) is 6.04 Å². The maximum Gasteiger partial charge on any atom is 0.217 e. The summed E-state index contributed by atoms with van der Waals surface area (Å²) >= 11 is 2.32. The Labute approximate surface area is 126 Å². The molecule has 0 amide bonds. The number of halogens is 1. The number of aliphatic imine (C=N–C) groups is 1. The third-order valence-electron chi connectivity index (χ3n) is 3.13. The van der Waals surface area contributed by atoms with Crippen molar-refractivity contribution in [3.63, 3.8) is 0 Å². The minimum absolute atomic E-state index is 0.230. The Kier molecular flexibility index (Phi) is 3.82. The summed E-state index contributed by atoms with van der Waals surface area (Å²) in [6.07, 6.45) is 0.938. The van der Waals surface area contributed by atoms with Gasteiger partial charge in [0.1, 0.15) is 6.61 Å². The van der Waals surface area contributed by atoms with E-state index in [0.717, 1.165) is 17.9 Å². The van der Waals surface area contributed by atoms with Crippen LogP contribution >= 0.6 is 22.6 Å². The van der Waals surface area contributed by atoms with E-state index in [1.165, 1.54) is 9.13 Å². The molecule has 0 bridgehead atoms. The van der Waals surface area contributed by atoms with E-state index >= 15 is 0 Å². The zero-order valence-electron chi connectivity index (χ0n) is 10.4. The Morgan fingerprint density at radius 2 is 1.79 bits per heavy atom. The minimum Gasteiger partial charge on any atom is -0.475 e. The lowest BCUT2D eigenvalue weighted by Gasteiger charge is -2.04. The van der Waals surface area contributed by atoms with Gasteiger partial charge in [0.2, 0.25) is 5.90 Å². The first kappa shape index (κ1) is 12.7. The van der Waals surface area contributed by atoms with Crippen molar-refractivity contribution in [2.75, 3.05) is 6.61 Å². The third-order valence-corrected chi connectivity index (χ3v) is 4.07. The highest BCUT2D eigenvalue weighted by molar-refractivity contribution is 14.1. The summed E-state index contributed by atoms with van der Waals surface area (Å²) in [5, 5.41) is 0. The van der Waals surface area contributed by atoms with Crippen LogP contribution in [0.5, 0.6) is 0 Å². The summed E-state index contributed by atoms with van der Waals surface area (Å²) in [4.78, 5) is 4.70. The number of ether oxygens (including phenoxy) is 1. The summed E-state index contributed by atoms with van der Waals surface area (Å²) in [5.41, 5.74) is 2.41. The Balaban J connectivity index is 1.77. The molecule has 1 atom stereocenters. The van der Waals surface area contributed by atoms with Gasteiger partial charge in [-0.3, -0.25) is 0 Å². The van der Waals surface area contributed by atoms with Gasteiger partial charge >= 0.3 is 0 Å². The highest BCUT2D eigenvalue weighted by Crippen LogP contribution is 2.19. The molecule has 96 valence electrons. The quantitative estimate of drug-likeness (QED) is 0.763. The molecule has 2 nitrogen and oxygen atoms in total. The van der Waals surface area contributed by atoms with Crippen LogP contribution < -0.4 is 0 Å².